The van der Waals surface area contributed by atoms with Crippen molar-refractivity contribution in [2.24, 2.45) is 0 Å². The molecule has 0 radical (unpaired) electrons. The second kappa shape index (κ2) is 5.33. The summed E-state index contributed by atoms with van der Waals surface area (Å²) in [5, 5.41) is 3.35. The van der Waals surface area contributed by atoms with E-state index < -0.39 is 0 Å². The van der Waals surface area contributed by atoms with E-state index in [-0.39, 0.29) is 5.60 Å². The van der Waals surface area contributed by atoms with Crippen molar-refractivity contribution in [3.8, 4) is 0 Å². The largest absolute Gasteiger partial charge is 0.368 e. The van der Waals surface area contributed by atoms with Crippen molar-refractivity contribution in [1.82, 2.24) is 15.3 Å². The van der Waals surface area contributed by atoms with Gasteiger partial charge in [0, 0.05) is 31.0 Å². The van der Waals surface area contributed by atoms with Gasteiger partial charge in [-0.05, 0) is 26.7 Å². The maximum absolute atomic E-state index is 5.88. The van der Waals surface area contributed by atoms with E-state index in [0.29, 0.717) is 6.61 Å². The highest BCUT2D eigenvalue weighted by molar-refractivity contribution is 5.30. The summed E-state index contributed by atoms with van der Waals surface area (Å²) >= 11 is 0. The first kappa shape index (κ1) is 13.4. The summed E-state index contributed by atoms with van der Waals surface area (Å²) in [7, 11) is 0. The third kappa shape index (κ3) is 2.27. The zero-order valence-corrected chi connectivity index (χ0v) is 11.8. The van der Waals surface area contributed by atoms with Crippen molar-refractivity contribution >= 4 is 0 Å². The molecule has 0 aromatic carbocycles. The average Bonchev–Trinajstić information content (AvgIpc) is 2.85. The van der Waals surface area contributed by atoms with Gasteiger partial charge in [-0.3, -0.25) is 0 Å². The minimum atomic E-state index is -0.365. The molecule has 100 valence electrons. The van der Waals surface area contributed by atoms with Crippen LogP contribution in [0.5, 0.6) is 0 Å². The van der Waals surface area contributed by atoms with Gasteiger partial charge >= 0.3 is 0 Å². The molecule has 0 aliphatic carbocycles. The molecule has 0 fully saturated rings. The van der Waals surface area contributed by atoms with Crippen LogP contribution in [0.25, 0.3) is 0 Å². The number of fused-ring (bicyclic) bond motifs is 1. The Kier molecular flexibility index (Phi) is 3.97. The first-order valence-electron chi connectivity index (χ1n) is 6.88. The van der Waals surface area contributed by atoms with Crippen molar-refractivity contribution in [3.63, 3.8) is 0 Å². The van der Waals surface area contributed by atoms with Crippen molar-refractivity contribution < 1.29 is 4.74 Å². The predicted octanol–water partition coefficient (Wildman–Crippen LogP) is 2.30. The van der Waals surface area contributed by atoms with Crippen LogP contribution in [-0.2, 0) is 29.8 Å². The molecular weight excluding hydrogens is 226 g/mol. The highest BCUT2D eigenvalue weighted by Crippen LogP contribution is 2.28. The number of ether oxygens (including phenoxy) is 1. The molecule has 1 aromatic rings. The molecule has 1 aliphatic heterocycles. The van der Waals surface area contributed by atoms with Crippen LogP contribution in [0, 0.1) is 0 Å². The maximum atomic E-state index is 5.88. The van der Waals surface area contributed by atoms with E-state index in [1.807, 2.05) is 6.92 Å². The van der Waals surface area contributed by atoms with Crippen molar-refractivity contribution in [3.05, 3.63) is 22.8 Å². The van der Waals surface area contributed by atoms with Gasteiger partial charge in [0.1, 0.15) is 5.60 Å². The Hall–Kier alpha value is -1.00. The molecule has 1 aromatic heterocycles. The van der Waals surface area contributed by atoms with Crippen LogP contribution in [0.4, 0.5) is 0 Å². The summed E-state index contributed by atoms with van der Waals surface area (Å²) in [5.41, 5.74) is 3.24. The van der Waals surface area contributed by atoms with Gasteiger partial charge in [0.15, 0.2) is 5.82 Å². The summed E-state index contributed by atoms with van der Waals surface area (Å²) in [6.07, 6.45) is 1.83. The van der Waals surface area contributed by atoms with Crippen LogP contribution in [0.3, 0.4) is 0 Å². The number of nitrogens with one attached hydrogen (secondary N) is 1. The Bertz CT molecular complexity index is 433. The van der Waals surface area contributed by atoms with E-state index in [2.05, 4.69) is 26.1 Å². The highest BCUT2D eigenvalue weighted by Gasteiger charge is 2.31. The van der Waals surface area contributed by atoms with Gasteiger partial charge in [-0.25, -0.2) is 9.97 Å². The number of nitrogens with zero attached hydrogens (tertiary/aromatic N) is 2. The van der Waals surface area contributed by atoms with Gasteiger partial charge in [-0.2, -0.15) is 0 Å². The third-order valence-corrected chi connectivity index (χ3v) is 3.72. The zero-order valence-electron chi connectivity index (χ0n) is 11.8. The topological polar surface area (TPSA) is 47.0 Å². The standard InChI is InChI=1S/C14H23N3O/c1-5-11-10-8-15-9-12(10)17-13(16-11)14(4,6-2)18-7-3/h15H,5-9H2,1-4H3. The Morgan fingerprint density at radius 1 is 1.22 bits per heavy atom. The molecule has 1 N–H and O–H groups in total. The molecule has 18 heavy (non-hydrogen) atoms. The van der Waals surface area contributed by atoms with Gasteiger partial charge < -0.3 is 10.1 Å². The highest BCUT2D eigenvalue weighted by atomic mass is 16.5. The first-order chi connectivity index (χ1) is 8.64. The quantitative estimate of drug-likeness (QED) is 0.870. The first-order valence-corrected chi connectivity index (χ1v) is 6.88. The van der Waals surface area contributed by atoms with E-state index in [0.717, 1.165) is 37.4 Å². The molecule has 2 rings (SSSR count). The lowest BCUT2D eigenvalue weighted by Gasteiger charge is -2.27. The molecule has 0 saturated heterocycles. The van der Waals surface area contributed by atoms with E-state index in [1.165, 1.54) is 11.3 Å². The molecular formula is C14H23N3O. The minimum absolute atomic E-state index is 0.365. The predicted molar refractivity (Wildman–Crippen MR) is 71.2 cm³/mol. The Morgan fingerprint density at radius 2 is 2.00 bits per heavy atom. The van der Waals surface area contributed by atoms with Gasteiger partial charge in [-0.15, -0.1) is 0 Å². The number of aromatic nitrogens is 2. The normalized spacial score (nSPS) is 17.6. The number of aryl methyl sites for hydroxylation is 1. The monoisotopic (exact) mass is 249 g/mol. The van der Waals surface area contributed by atoms with E-state index in [1.54, 1.807) is 0 Å². The van der Waals surface area contributed by atoms with Crippen molar-refractivity contribution in [2.45, 2.75) is 59.2 Å². The second-order valence-electron chi connectivity index (χ2n) is 4.89. The lowest BCUT2D eigenvalue weighted by molar-refractivity contribution is -0.0393. The fourth-order valence-corrected chi connectivity index (χ4v) is 2.41. The molecule has 0 amide bonds. The average molecular weight is 249 g/mol. The molecule has 1 atom stereocenters. The van der Waals surface area contributed by atoms with E-state index in [9.17, 15) is 0 Å². The molecule has 4 heteroatoms. The Balaban J connectivity index is 2.45. The lowest BCUT2D eigenvalue weighted by atomic mass is 10.0. The fraction of sp³-hybridized carbons (Fsp3) is 0.714. The molecule has 0 bridgehead atoms. The molecule has 4 nitrogen and oxygen atoms in total. The number of hydrogen-bond acceptors (Lipinski definition) is 4. The minimum Gasteiger partial charge on any atom is -0.368 e. The molecule has 1 unspecified atom stereocenters. The summed E-state index contributed by atoms with van der Waals surface area (Å²) in [5.74, 6) is 0.839. The summed E-state index contributed by atoms with van der Waals surface area (Å²) in [4.78, 5) is 9.47. The SMILES string of the molecule is CCOC(C)(CC)c1nc(CC)c2c(n1)CNC2. The Labute approximate surface area is 109 Å². The second-order valence-corrected chi connectivity index (χ2v) is 4.89. The van der Waals surface area contributed by atoms with E-state index >= 15 is 0 Å². The molecule has 2 heterocycles. The smallest absolute Gasteiger partial charge is 0.160 e. The Morgan fingerprint density at radius 3 is 2.61 bits per heavy atom. The molecule has 0 saturated carbocycles. The number of rotatable bonds is 5. The van der Waals surface area contributed by atoms with Crippen LogP contribution >= 0.6 is 0 Å². The fourth-order valence-electron chi connectivity index (χ4n) is 2.41. The van der Waals surface area contributed by atoms with Gasteiger partial charge in [0.25, 0.3) is 0 Å². The summed E-state index contributed by atoms with van der Waals surface area (Å²) in [6, 6.07) is 0. The molecule has 0 spiro atoms. The maximum Gasteiger partial charge on any atom is 0.160 e. The molecule has 1 aliphatic rings. The van der Waals surface area contributed by atoms with Crippen LogP contribution in [-0.4, -0.2) is 16.6 Å². The third-order valence-electron chi connectivity index (χ3n) is 3.72. The van der Waals surface area contributed by atoms with Crippen LogP contribution in [0.1, 0.15) is 56.9 Å². The summed E-state index contributed by atoms with van der Waals surface area (Å²) < 4.78 is 5.88. The van der Waals surface area contributed by atoms with Crippen molar-refractivity contribution in [1.29, 1.82) is 0 Å². The lowest BCUT2D eigenvalue weighted by Crippen LogP contribution is -2.29. The van der Waals surface area contributed by atoms with Crippen LogP contribution in [0.15, 0.2) is 0 Å². The number of hydrogen-bond donors (Lipinski definition) is 1. The van der Waals surface area contributed by atoms with E-state index in [4.69, 9.17) is 14.7 Å². The van der Waals surface area contributed by atoms with Crippen LogP contribution in [0.2, 0.25) is 0 Å². The summed E-state index contributed by atoms with van der Waals surface area (Å²) in [6.45, 7) is 10.8. The van der Waals surface area contributed by atoms with Gasteiger partial charge in [0.2, 0.25) is 0 Å². The van der Waals surface area contributed by atoms with Crippen molar-refractivity contribution in [2.75, 3.05) is 6.61 Å². The van der Waals surface area contributed by atoms with Gasteiger partial charge in [-0.1, -0.05) is 13.8 Å². The van der Waals surface area contributed by atoms with Gasteiger partial charge in [0.05, 0.1) is 5.69 Å². The zero-order chi connectivity index (χ0) is 13.2. The van der Waals surface area contributed by atoms with Crippen LogP contribution < -0.4 is 5.32 Å².